The van der Waals surface area contributed by atoms with Crippen LogP contribution in [0.4, 0.5) is 11.5 Å². The van der Waals surface area contributed by atoms with E-state index in [1.165, 1.54) is 50.7 Å². The van der Waals surface area contributed by atoms with Crippen LogP contribution in [-0.4, -0.2) is 66.5 Å². The third kappa shape index (κ3) is 6.48. The van der Waals surface area contributed by atoms with E-state index in [0.29, 0.717) is 40.8 Å². The highest BCUT2D eigenvalue weighted by Crippen LogP contribution is 2.27. The molecule has 190 valence electrons. The summed E-state index contributed by atoms with van der Waals surface area (Å²) in [6.07, 6.45) is 12.1. The van der Waals surface area contributed by atoms with Gasteiger partial charge in [-0.05, 0) is 76.0 Å². The standard InChI is InChI=1S/C27H35N7O2/c1-20(14-22(15-30-19-35)25-16-29-17-26(28-2)32-25)31-27(36)21-7-9-23(10-8-21)34-13-5-6-24(34)18-33-11-3-4-12-33/h7-10,14-17,19,24H,3-6,11-13,18H2,1-2H3,(H,28,32)(H,30,35)(H,31,36)/b20-14+,22-15+. The molecule has 2 amide bonds. The predicted molar refractivity (Wildman–Crippen MR) is 142 cm³/mol. The monoisotopic (exact) mass is 489 g/mol. The highest BCUT2D eigenvalue weighted by molar-refractivity contribution is 5.96. The van der Waals surface area contributed by atoms with Crippen LogP contribution in [0.2, 0.25) is 0 Å². The molecule has 2 fully saturated rings. The summed E-state index contributed by atoms with van der Waals surface area (Å²) in [6.45, 7) is 6.41. The van der Waals surface area contributed by atoms with Gasteiger partial charge in [0.05, 0.1) is 18.1 Å². The van der Waals surface area contributed by atoms with E-state index in [2.05, 4.69) is 47.9 Å². The fraction of sp³-hybridized carbons (Fsp3) is 0.407. The van der Waals surface area contributed by atoms with Crippen molar-refractivity contribution in [2.24, 2.45) is 0 Å². The Bertz CT molecular complexity index is 1110. The summed E-state index contributed by atoms with van der Waals surface area (Å²) >= 11 is 0. The Morgan fingerprint density at radius 2 is 1.89 bits per heavy atom. The number of allylic oxidation sites excluding steroid dienone is 3. The van der Waals surface area contributed by atoms with Gasteiger partial charge in [-0.15, -0.1) is 0 Å². The fourth-order valence-electron chi connectivity index (χ4n) is 4.89. The zero-order valence-electron chi connectivity index (χ0n) is 21.0. The van der Waals surface area contributed by atoms with Crippen LogP contribution in [-0.2, 0) is 4.79 Å². The van der Waals surface area contributed by atoms with Gasteiger partial charge in [-0.25, -0.2) is 4.98 Å². The van der Waals surface area contributed by atoms with Gasteiger partial charge in [-0.1, -0.05) is 0 Å². The molecule has 1 atom stereocenters. The molecule has 3 N–H and O–H groups in total. The zero-order chi connectivity index (χ0) is 25.3. The van der Waals surface area contributed by atoms with Crippen molar-refractivity contribution in [3.63, 3.8) is 0 Å². The lowest BCUT2D eigenvalue weighted by Gasteiger charge is -2.30. The molecule has 0 spiro atoms. The van der Waals surface area contributed by atoms with Crippen molar-refractivity contribution in [3.05, 3.63) is 65.9 Å². The largest absolute Gasteiger partial charge is 0.372 e. The van der Waals surface area contributed by atoms with Crippen molar-refractivity contribution in [1.82, 2.24) is 25.5 Å². The van der Waals surface area contributed by atoms with Crippen LogP contribution < -0.4 is 20.9 Å². The van der Waals surface area contributed by atoms with Gasteiger partial charge in [0.25, 0.3) is 5.91 Å². The molecular weight excluding hydrogens is 454 g/mol. The van der Waals surface area contributed by atoms with Gasteiger partial charge >= 0.3 is 0 Å². The molecule has 36 heavy (non-hydrogen) atoms. The van der Waals surface area contributed by atoms with Gasteiger partial charge in [0.15, 0.2) is 0 Å². The fourth-order valence-corrected chi connectivity index (χ4v) is 4.89. The van der Waals surface area contributed by atoms with Gasteiger partial charge in [0.2, 0.25) is 6.41 Å². The van der Waals surface area contributed by atoms with Gasteiger partial charge < -0.3 is 25.8 Å². The molecule has 1 aromatic carbocycles. The van der Waals surface area contributed by atoms with Crippen LogP contribution in [0.5, 0.6) is 0 Å². The first kappa shape index (κ1) is 25.4. The van der Waals surface area contributed by atoms with E-state index in [0.717, 1.165) is 13.1 Å². The molecule has 0 aliphatic carbocycles. The quantitative estimate of drug-likeness (QED) is 0.348. The average Bonchev–Trinajstić information content (AvgIpc) is 3.59. The molecule has 2 aromatic rings. The first-order valence-corrected chi connectivity index (χ1v) is 12.6. The van der Waals surface area contributed by atoms with E-state index >= 15 is 0 Å². The van der Waals surface area contributed by atoms with Crippen molar-refractivity contribution in [1.29, 1.82) is 0 Å². The molecule has 9 nitrogen and oxygen atoms in total. The van der Waals surface area contributed by atoms with Crippen LogP contribution in [0.3, 0.4) is 0 Å². The molecule has 2 aliphatic heterocycles. The SMILES string of the molecule is CNc1cncc(C(/C=C(\C)NC(=O)c2ccc(N3CCCC3CN3CCCC3)cc2)=C/NC=O)n1. The first-order valence-electron chi connectivity index (χ1n) is 12.6. The number of hydrogen-bond donors (Lipinski definition) is 3. The second-order valence-corrected chi connectivity index (χ2v) is 9.25. The first-order chi connectivity index (χ1) is 17.6. The van der Waals surface area contributed by atoms with Crippen LogP contribution in [0, 0.1) is 0 Å². The van der Waals surface area contributed by atoms with Gasteiger partial charge in [-0.3, -0.25) is 14.6 Å². The molecule has 3 heterocycles. The molecule has 4 rings (SSSR count). The number of nitrogens with one attached hydrogen (secondary N) is 3. The van der Waals surface area contributed by atoms with Crippen molar-refractivity contribution in [2.75, 3.05) is 43.4 Å². The van der Waals surface area contributed by atoms with Crippen LogP contribution in [0.25, 0.3) is 5.57 Å². The summed E-state index contributed by atoms with van der Waals surface area (Å²) in [6, 6.07) is 8.41. The number of rotatable bonds is 10. The highest BCUT2D eigenvalue weighted by Gasteiger charge is 2.27. The number of nitrogens with zero attached hydrogens (tertiary/aromatic N) is 4. The molecule has 0 bridgehead atoms. The van der Waals surface area contributed by atoms with Crippen LogP contribution in [0.15, 0.2) is 54.6 Å². The summed E-state index contributed by atoms with van der Waals surface area (Å²) < 4.78 is 0. The van der Waals surface area contributed by atoms with E-state index in [-0.39, 0.29) is 5.91 Å². The molecular formula is C27H35N7O2. The van der Waals surface area contributed by atoms with E-state index in [4.69, 9.17) is 0 Å². The summed E-state index contributed by atoms with van der Waals surface area (Å²) in [5.41, 5.74) is 3.55. The number of carbonyl (C=O) groups is 2. The third-order valence-corrected chi connectivity index (χ3v) is 6.68. The molecule has 2 saturated heterocycles. The Morgan fingerprint density at radius 1 is 1.11 bits per heavy atom. The third-order valence-electron chi connectivity index (χ3n) is 6.68. The molecule has 0 radical (unpaired) electrons. The number of benzene rings is 1. The molecule has 1 unspecified atom stereocenters. The summed E-state index contributed by atoms with van der Waals surface area (Å²) in [7, 11) is 1.75. The molecule has 1 aromatic heterocycles. The second kappa shape index (κ2) is 12.3. The van der Waals surface area contributed by atoms with Crippen molar-refractivity contribution >= 4 is 29.4 Å². The maximum absolute atomic E-state index is 12.9. The van der Waals surface area contributed by atoms with Crippen LogP contribution in [0.1, 0.15) is 48.7 Å². The smallest absolute Gasteiger partial charge is 0.255 e. The van der Waals surface area contributed by atoms with Crippen molar-refractivity contribution in [2.45, 2.75) is 38.6 Å². The van der Waals surface area contributed by atoms with Gasteiger partial charge in [0, 0.05) is 54.9 Å². The lowest BCUT2D eigenvalue weighted by molar-refractivity contribution is -0.108. The average molecular weight is 490 g/mol. The number of hydrogen-bond acceptors (Lipinski definition) is 7. The summed E-state index contributed by atoms with van der Waals surface area (Å²) in [5, 5.41) is 8.41. The number of carbonyl (C=O) groups excluding carboxylic acids is 2. The Morgan fingerprint density at radius 3 is 2.61 bits per heavy atom. The highest BCUT2D eigenvalue weighted by atomic mass is 16.1. The lowest BCUT2D eigenvalue weighted by Crippen LogP contribution is -2.39. The Balaban J connectivity index is 1.42. The van der Waals surface area contributed by atoms with Crippen molar-refractivity contribution < 1.29 is 9.59 Å². The maximum atomic E-state index is 12.9. The minimum absolute atomic E-state index is 0.192. The lowest BCUT2D eigenvalue weighted by atomic mass is 10.1. The van der Waals surface area contributed by atoms with E-state index in [9.17, 15) is 9.59 Å². The Labute approximate surface area is 212 Å². The van der Waals surface area contributed by atoms with Gasteiger partial charge in [0.1, 0.15) is 5.82 Å². The number of aromatic nitrogens is 2. The zero-order valence-corrected chi connectivity index (χ0v) is 21.0. The summed E-state index contributed by atoms with van der Waals surface area (Å²) in [4.78, 5) is 37.4. The van der Waals surface area contributed by atoms with E-state index in [1.54, 1.807) is 32.4 Å². The maximum Gasteiger partial charge on any atom is 0.255 e. The van der Waals surface area contributed by atoms with Crippen molar-refractivity contribution in [3.8, 4) is 0 Å². The minimum atomic E-state index is -0.192. The molecule has 2 aliphatic rings. The normalized spacial score (nSPS) is 18.8. The Kier molecular flexibility index (Phi) is 8.67. The molecule has 0 saturated carbocycles. The minimum Gasteiger partial charge on any atom is -0.372 e. The summed E-state index contributed by atoms with van der Waals surface area (Å²) in [5.74, 6) is 0.406. The topological polar surface area (TPSA) is 102 Å². The van der Waals surface area contributed by atoms with E-state index < -0.39 is 0 Å². The number of likely N-dealkylation sites (tertiary alicyclic amines) is 1. The van der Waals surface area contributed by atoms with Crippen LogP contribution >= 0.6 is 0 Å². The predicted octanol–water partition coefficient (Wildman–Crippen LogP) is 3.00. The molecule has 9 heteroatoms. The number of amides is 2. The number of anilines is 2. The van der Waals surface area contributed by atoms with E-state index in [1.807, 2.05) is 12.1 Å². The Hall–Kier alpha value is -3.72. The second-order valence-electron chi connectivity index (χ2n) is 9.25. The van der Waals surface area contributed by atoms with Gasteiger partial charge in [-0.2, -0.15) is 0 Å².